The molecule has 0 atom stereocenters. The molecule has 0 radical (unpaired) electrons. The summed E-state index contributed by atoms with van der Waals surface area (Å²) >= 11 is 13.6. The van der Waals surface area contributed by atoms with Crippen molar-refractivity contribution in [3.05, 3.63) is 51.5 Å². The van der Waals surface area contributed by atoms with E-state index in [1.807, 2.05) is 6.92 Å². The van der Waals surface area contributed by atoms with Crippen LogP contribution in [0, 0.1) is 12.7 Å². The molecule has 2 aromatic rings. The molecule has 0 fully saturated rings. The topological polar surface area (TPSA) is 38.9 Å². The molecule has 0 saturated carbocycles. The van der Waals surface area contributed by atoms with Crippen LogP contribution in [0.15, 0.2) is 29.2 Å². The summed E-state index contributed by atoms with van der Waals surface area (Å²) in [4.78, 5) is 4.88. The minimum atomic E-state index is -0.360. The number of hydrogen-bond acceptors (Lipinski definition) is 3. The van der Waals surface area contributed by atoms with E-state index in [4.69, 9.17) is 28.9 Å². The Bertz CT molecular complexity index is 576. The van der Waals surface area contributed by atoms with Crippen molar-refractivity contribution in [2.24, 2.45) is 0 Å². The highest BCUT2D eigenvalue weighted by Crippen LogP contribution is 2.32. The molecule has 0 amide bonds. The number of anilines is 1. The predicted octanol–water partition coefficient (Wildman–Crippen LogP) is 4.71. The quantitative estimate of drug-likeness (QED) is 0.506. The van der Waals surface area contributed by atoms with Crippen LogP contribution in [0.3, 0.4) is 0 Å². The number of thioether (sulfide) groups is 1. The van der Waals surface area contributed by atoms with Crippen LogP contribution in [0.1, 0.15) is 11.3 Å². The molecule has 1 aromatic heterocycles. The van der Waals surface area contributed by atoms with Gasteiger partial charge in [-0.15, -0.1) is 11.8 Å². The number of aryl methyl sites for hydroxylation is 1. The van der Waals surface area contributed by atoms with Crippen molar-refractivity contribution in [1.29, 1.82) is 0 Å². The third kappa shape index (κ3) is 3.75. The Hall–Kier alpha value is -0.970. The first-order chi connectivity index (χ1) is 8.95. The van der Waals surface area contributed by atoms with Gasteiger partial charge in [-0.05, 0) is 31.2 Å². The van der Waals surface area contributed by atoms with Crippen LogP contribution in [0.2, 0.25) is 10.2 Å². The van der Waals surface area contributed by atoms with Crippen molar-refractivity contribution < 1.29 is 4.39 Å². The molecule has 0 aliphatic heterocycles. The van der Waals surface area contributed by atoms with Crippen molar-refractivity contribution in [3.8, 4) is 0 Å². The normalized spacial score (nSPS) is 10.7. The number of rotatable bonds is 3. The molecule has 0 aliphatic rings. The minimum absolute atomic E-state index is 0.360. The lowest BCUT2D eigenvalue weighted by Crippen LogP contribution is -1.92. The minimum Gasteiger partial charge on any atom is -0.399 e. The van der Waals surface area contributed by atoms with Gasteiger partial charge in [-0.3, -0.25) is 0 Å². The van der Waals surface area contributed by atoms with E-state index in [0.29, 0.717) is 21.6 Å². The Kier molecular flexibility index (Phi) is 4.55. The number of hydrogen-bond donors (Lipinski definition) is 1. The van der Waals surface area contributed by atoms with E-state index in [-0.39, 0.29) is 5.82 Å². The Morgan fingerprint density at radius 3 is 2.63 bits per heavy atom. The maximum atomic E-state index is 13.2. The van der Waals surface area contributed by atoms with Crippen LogP contribution in [-0.4, -0.2) is 4.98 Å². The monoisotopic (exact) mass is 316 g/mol. The Balaban J connectivity index is 2.19. The summed E-state index contributed by atoms with van der Waals surface area (Å²) in [6.07, 6.45) is 0. The zero-order valence-corrected chi connectivity index (χ0v) is 12.4. The number of nitrogens with zero attached hydrogens (tertiary/aromatic N) is 1. The molecule has 2 N–H and O–H groups in total. The number of halogens is 3. The molecule has 6 heteroatoms. The molecule has 0 aliphatic carbocycles. The van der Waals surface area contributed by atoms with E-state index in [2.05, 4.69) is 4.98 Å². The zero-order valence-electron chi connectivity index (χ0n) is 10.1. The van der Waals surface area contributed by atoms with Crippen LogP contribution in [0.5, 0.6) is 0 Å². The van der Waals surface area contributed by atoms with Gasteiger partial charge in [0.25, 0.3) is 0 Å². The van der Waals surface area contributed by atoms with Crippen molar-refractivity contribution in [2.75, 3.05) is 5.73 Å². The summed E-state index contributed by atoms with van der Waals surface area (Å²) in [6, 6.07) is 6.16. The second-order valence-corrected chi connectivity index (χ2v) is 5.84. The van der Waals surface area contributed by atoms with Crippen LogP contribution in [0.4, 0.5) is 10.1 Å². The van der Waals surface area contributed by atoms with Gasteiger partial charge >= 0.3 is 0 Å². The molecular formula is C13H11Cl2FN2S. The van der Waals surface area contributed by atoms with Crippen molar-refractivity contribution in [1.82, 2.24) is 4.98 Å². The molecule has 1 heterocycles. The lowest BCUT2D eigenvalue weighted by Gasteiger charge is -2.08. The lowest BCUT2D eigenvalue weighted by atomic mass is 10.3. The maximum Gasteiger partial charge on any atom is 0.134 e. The van der Waals surface area contributed by atoms with Crippen LogP contribution in [-0.2, 0) is 5.75 Å². The number of aromatic nitrogens is 1. The molecule has 2 nitrogen and oxygen atoms in total. The van der Waals surface area contributed by atoms with E-state index in [1.165, 1.54) is 23.9 Å². The van der Waals surface area contributed by atoms with E-state index in [9.17, 15) is 4.39 Å². The summed E-state index contributed by atoms with van der Waals surface area (Å²) in [5, 5.41) is 0.941. The second kappa shape index (κ2) is 5.99. The van der Waals surface area contributed by atoms with Crippen LogP contribution < -0.4 is 5.73 Å². The van der Waals surface area contributed by atoms with E-state index in [1.54, 1.807) is 12.1 Å². The van der Waals surface area contributed by atoms with Gasteiger partial charge in [-0.25, -0.2) is 9.37 Å². The standard InChI is InChI=1S/C13H11Cl2FN2S/c1-7-2-12(14)11(13(15)18-7)6-19-10-4-8(16)3-9(17)5-10/h2-5H,6,17H2,1H3. The van der Waals surface area contributed by atoms with Crippen molar-refractivity contribution in [3.63, 3.8) is 0 Å². The molecule has 19 heavy (non-hydrogen) atoms. The first kappa shape index (κ1) is 14.4. The molecule has 0 saturated heterocycles. The summed E-state index contributed by atoms with van der Waals surface area (Å²) in [6.45, 7) is 1.82. The van der Waals surface area contributed by atoms with Crippen molar-refractivity contribution >= 4 is 40.7 Å². The number of benzene rings is 1. The number of nitrogens with two attached hydrogens (primary N) is 1. The SMILES string of the molecule is Cc1cc(Cl)c(CSc2cc(N)cc(F)c2)c(Cl)n1. The molecular weight excluding hydrogens is 306 g/mol. The molecule has 0 bridgehead atoms. The van der Waals surface area contributed by atoms with Gasteiger partial charge in [0.1, 0.15) is 11.0 Å². The van der Waals surface area contributed by atoms with E-state index >= 15 is 0 Å². The Labute approximate surface area is 125 Å². The maximum absolute atomic E-state index is 13.2. The molecule has 1 aromatic carbocycles. The Morgan fingerprint density at radius 2 is 2.00 bits per heavy atom. The second-order valence-electron chi connectivity index (χ2n) is 4.02. The van der Waals surface area contributed by atoms with E-state index < -0.39 is 0 Å². The highest BCUT2D eigenvalue weighted by atomic mass is 35.5. The molecule has 0 spiro atoms. The molecule has 0 unspecified atom stereocenters. The Morgan fingerprint density at radius 1 is 1.26 bits per heavy atom. The van der Waals surface area contributed by atoms with Gasteiger partial charge in [0.05, 0.1) is 0 Å². The fourth-order valence-electron chi connectivity index (χ4n) is 1.58. The summed E-state index contributed by atoms with van der Waals surface area (Å²) in [5.74, 6) is 0.148. The average molecular weight is 317 g/mol. The van der Waals surface area contributed by atoms with Gasteiger partial charge in [-0.2, -0.15) is 0 Å². The third-order valence-electron chi connectivity index (χ3n) is 2.42. The highest BCUT2D eigenvalue weighted by Gasteiger charge is 2.09. The largest absolute Gasteiger partial charge is 0.399 e. The number of pyridine rings is 1. The average Bonchev–Trinajstić information content (AvgIpc) is 2.25. The summed E-state index contributed by atoms with van der Waals surface area (Å²) in [7, 11) is 0. The number of nitrogen functional groups attached to an aromatic ring is 1. The third-order valence-corrected chi connectivity index (χ3v) is 4.08. The van der Waals surface area contributed by atoms with Gasteiger partial charge in [-0.1, -0.05) is 23.2 Å². The van der Waals surface area contributed by atoms with Gasteiger partial charge in [0.2, 0.25) is 0 Å². The van der Waals surface area contributed by atoms with Gasteiger partial charge < -0.3 is 5.73 Å². The van der Waals surface area contributed by atoms with Crippen LogP contribution >= 0.6 is 35.0 Å². The fraction of sp³-hybridized carbons (Fsp3) is 0.154. The predicted molar refractivity (Wildman–Crippen MR) is 79.4 cm³/mol. The van der Waals surface area contributed by atoms with E-state index in [0.717, 1.165) is 16.2 Å². The van der Waals surface area contributed by atoms with Gasteiger partial charge in [0.15, 0.2) is 0 Å². The summed E-state index contributed by atoms with van der Waals surface area (Å²) in [5.41, 5.74) is 7.48. The summed E-state index contributed by atoms with van der Waals surface area (Å²) < 4.78 is 13.2. The van der Waals surface area contributed by atoms with Crippen LogP contribution in [0.25, 0.3) is 0 Å². The first-order valence-corrected chi connectivity index (χ1v) is 7.20. The highest BCUT2D eigenvalue weighted by molar-refractivity contribution is 7.98. The molecule has 2 rings (SSSR count). The lowest BCUT2D eigenvalue weighted by molar-refractivity contribution is 0.625. The zero-order chi connectivity index (χ0) is 14.0. The first-order valence-electron chi connectivity index (χ1n) is 5.46. The smallest absolute Gasteiger partial charge is 0.134 e. The van der Waals surface area contributed by atoms with Gasteiger partial charge in [0, 0.05) is 32.6 Å². The fourth-order valence-corrected chi connectivity index (χ4v) is 3.42. The van der Waals surface area contributed by atoms with Crippen molar-refractivity contribution in [2.45, 2.75) is 17.6 Å². The molecule has 100 valence electrons.